The van der Waals surface area contributed by atoms with E-state index in [1.807, 2.05) is 6.07 Å². The Balaban J connectivity index is 1.35. The van der Waals surface area contributed by atoms with Crippen LogP contribution in [0.25, 0.3) is 22.8 Å². The van der Waals surface area contributed by atoms with Gasteiger partial charge in [0.25, 0.3) is 21.9 Å². The molecule has 0 amide bonds. The lowest BCUT2D eigenvalue weighted by Crippen LogP contribution is -2.16. The van der Waals surface area contributed by atoms with Gasteiger partial charge in [-0.05, 0) is 36.0 Å². The van der Waals surface area contributed by atoms with Gasteiger partial charge in [0.05, 0.1) is 12.7 Å². The topological polar surface area (TPSA) is 114 Å². The molecule has 0 spiro atoms. The summed E-state index contributed by atoms with van der Waals surface area (Å²) >= 11 is 0. The van der Waals surface area contributed by atoms with Crippen LogP contribution in [0.5, 0.6) is 11.6 Å². The average Bonchev–Trinajstić information content (AvgIpc) is 3.23. The zero-order valence-corrected chi connectivity index (χ0v) is 16.2. The predicted octanol–water partition coefficient (Wildman–Crippen LogP) is 2.97. The highest BCUT2D eigenvalue weighted by molar-refractivity contribution is 7.86. The number of nitrogens with zero attached hydrogens (tertiary/aromatic N) is 2. The first-order valence-corrected chi connectivity index (χ1v) is 10.7. The highest BCUT2D eigenvalue weighted by Crippen LogP contribution is 2.31. The second-order valence-corrected chi connectivity index (χ2v) is 8.31. The molecule has 0 atom stereocenters. The molecule has 0 radical (unpaired) electrons. The minimum Gasteiger partial charge on any atom is -0.493 e. The Morgan fingerprint density at radius 2 is 2.03 bits per heavy atom. The molecule has 156 valence electrons. The van der Waals surface area contributed by atoms with Crippen molar-refractivity contribution < 1.29 is 35.4 Å². The Kier molecular flexibility index (Phi) is 5.67. The smallest absolute Gasteiger partial charge is 0.270 e. The molecule has 3 aromatic rings. The average molecular weight is 426 g/mol. The molecule has 0 saturated heterocycles. The van der Waals surface area contributed by atoms with Crippen LogP contribution in [0, 0.1) is 5.92 Å². The zero-order valence-electron chi connectivity index (χ0n) is 15.4. The van der Waals surface area contributed by atoms with Crippen LogP contribution in [-0.2, 0) is 14.3 Å². The number of alkyl halides is 1. The van der Waals surface area contributed by atoms with Gasteiger partial charge in [0, 0.05) is 6.07 Å². The van der Waals surface area contributed by atoms with Gasteiger partial charge in [-0.15, -0.1) is 0 Å². The summed E-state index contributed by atoms with van der Waals surface area (Å²) < 4.78 is 60.9. The maximum absolute atomic E-state index is 12.1. The van der Waals surface area contributed by atoms with Crippen LogP contribution >= 0.6 is 0 Å². The van der Waals surface area contributed by atoms with Crippen LogP contribution in [0.15, 0.2) is 33.2 Å². The molecule has 2 heterocycles. The zero-order chi connectivity index (χ0) is 20.3. The van der Waals surface area contributed by atoms with Crippen LogP contribution in [0.1, 0.15) is 12.8 Å². The summed E-state index contributed by atoms with van der Waals surface area (Å²) in [5.41, 5.74) is 1.20. The molecule has 1 aliphatic carbocycles. The summed E-state index contributed by atoms with van der Waals surface area (Å²) in [6.45, 7) is -0.671. The van der Waals surface area contributed by atoms with E-state index in [1.165, 1.54) is 18.9 Å². The fourth-order valence-electron chi connectivity index (χ4n) is 2.49. The lowest BCUT2D eigenvalue weighted by atomic mass is 10.3. The van der Waals surface area contributed by atoms with Gasteiger partial charge in [-0.1, -0.05) is 0 Å². The lowest BCUT2D eigenvalue weighted by molar-refractivity contribution is 0.207. The SMILES string of the molecule is O=S(=O)(CCF)OCCOc1cc(-c2nc3cc(OCC4CC4)ccc3o2)on1. The van der Waals surface area contributed by atoms with Gasteiger partial charge in [0.1, 0.15) is 36.9 Å². The van der Waals surface area contributed by atoms with Crippen molar-refractivity contribution in [3.8, 4) is 23.3 Å². The van der Waals surface area contributed by atoms with Gasteiger partial charge in [-0.2, -0.15) is 8.42 Å². The first kappa shape index (κ1) is 19.6. The van der Waals surface area contributed by atoms with Gasteiger partial charge >= 0.3 is 0 Å². The molecule has 1 fully saturated rings. The number of ether oxygens (including phenoxy) is 2. The van der Waals surface area contributed by atoms with Crippen molar-refractivity contribution in [1.82, 2.24) is 10.1 Å². The van der Waals surface area contributed by atoms with Crippen LogP contribution in [0.3, 0.4) is 0 Å². The van der Waals surface area contributed by atoms with Crippen molar-refractivity contribution in [3.63, 3.8) is 0 Å². The summed E-state index contributed by atoms with van der Waals surface area (Å²) in [6, 6.07) is 6.86. The molecule has 9 nitrogen and oxygen atoms in total. The summed E-state index contributed by atoms with van der Waals surface area (Å²) in [6.07, 6.45) is 2.43. The maximum atomic E-state index is 12.1. The Morgan fingerprint density at radius 1 is 1.17 bits per heavy atom. The van der Waals surface area contributed by atoms with Crippen molar-refractivity contribution in [3.05, 3.63) is 24.3 Å². The predicted molar refractivity (Wildman–Crippen MR) is 98.9 cm³/mol. The summed E-state index contributed by atoms with van der Waals surface area (Å²) in [5, 5.41) is 3.72. The molecule has 1 aromatic carbocycles. The number of hydrogen-bond acceptors (Lipinski definition) is 9. The highest BCUT2D eigenvalue weighted by atomic mass is 32.2. The largest absolute Gasteiger partial charge is 0.493 e. The summed E-state index contributed by atoms with van der Waals surface area (Å²) in [7, 11) is -3.88. The number of halogens is 1. The molecule has 0 unspecified atom stereocenters. The first-order valence-electron chi connectivity index (χ1n) is 9.09. The summed E-state index contributed by atoms with van der Waals surface area (Å²) in [5.74, 6) is 1.29. The van der Waals surface area contributed by atoms with Crippen LogP contribution in [-0.4, -0.2) is 50.8 Å². The van der Waals surface area contributed by atoms with Crippen molar-refractivity contribution in [2.75, 3.05) is 32.2 Å². The Labute approximate surface area is 165 Å². The van der Waals surface area contributed by atoms with E-state index < -0.39 is 22.5 Å². The third-order valence-electron chi connectivity index (χ3n) is 4.16. The fraction of sp³-hybridized carbons (Fsp3) is 0.444. The van der Waals surface area contributed by atoms with Gasteiger partial charge in [-0.3, -0.25) is 4.18 Å². The molecule has 11 heteroatoms. The number of aromatic nitrogens is 2. The molecule has 1 aliphatic rings. The third-order valence-corrected chi connectivity index (χ3v) is 5.34. The normalized spacial score (nSPS) is 14.4. The molecule has 4 rings (SSSR count). The Hall–Kier alpha value is -2.66. The van der Waals surface area contributed by atoms with Crippen molar-refractivity contribution in [2.24, 2.45) is 5.92 Å². The van der Waals surface area contributed by atoms with E-state index in [9.17, 15) is 12.8 Å². The van der Waals surface area contributed by atoms with E-state index in [4.69, 9.17) is 18.4 Å². The van der Waals surface area contributed by atoms with Crippen LogP contribution in [0.4, 0.5) is 4.39 Å². The van der Waals surface area contributed by atoms with E-state index in [1.54, 1.807) is 12.1 Å². The minimum atomic E-state index is -3.88. The molecular weight excluding hydrogens is 407 g/mol. The first-order chi connectivity index (χ1) is 14.0. The van der Waals surface area contributed by atoms with Gasteiger partial charge < -0.3 is 18.4 Å². The van der Waals surface area contributed by atoms with E-state index in [-0.39, 0.29) is 30.7 Å². The van der Waals surface area contributed by atoms with Crippen molar-refractivity contribution >= 4 is 21.2 Å². The second kappa shape index (κ2) is 8.37. The maximum Gasteiger partial charge on any atom is 0.270 e. The van der Waals surface area contributed by atoms with E-state index in [2.05, 4.69) is 14.3 Å². The van der Waals surface area contributed by atoms with Crippen LogP contribution < -0.4 is 9.47 Å². The molecule has 1 saturated carbocycles. The molecule has 0 N–H and O–H groups in total. The minimum absolute atomic E-state index is 0.104. The summed E-state index contributed by atoms with van der Waals surface area (Å²) in [4.78, 5) is 4.37. The number of fused-ring (bicyclic) bond motifs is 1. The van der Waals surface area contributed by atoms with E-state index in [0.29, 0.717) is 23.6 Å². The Morgan fingerprint density at radius 3 is 2.83 bits per heavy atom. The third kappa shape index (κ3) is 5.24. The standard InChI is InChI=1S/C18H19FN2O7S/c19-5-8-29(22,23)26-7-6-24-17-10-16(28-21-17)18-20-14-9-13(3-4-15(14)27-18)25-11-12-1-2-12/h3-4,9-10,12H,1-2,5-8,11H2. The van der Waals surface area contributed by atoms with Crippen LogP contribution in [0.2, 0.25) is 0 Å². The van der Waals surface area contributed by atoms with Gasteiger partial charge in [0.2, 0.25) is 5.76 Å². The van der Waals surface area contributed by atoms with E-state index >= 15 is 0 Å². The molecular formula is C18H19FN2O7S. The van der Waals surface area contributed by atoms with Gasteiger partial charge in [0.15, 0.2) is 5.58 Å². The highest BCUT2D eigenvalue weighted by Gasteiger charge is 2.22. The number of hydrogen-bond donors (Lipinski definition) is 0. The van der Waals surface area contributed by atoms with Crippen molar-refractivity contribution in [2.45, 2.75) is 12.8 Å². The number of rotatable bonds is 11. The number of oxazole rings is 1. The van der Waals surface area contributed by atoms with Crippen molar-refractivity contribution in [1.29, 1.82) is 0 Å². The number of benzene rings is 1. The molecule has 2 aromatic heterocycles. The second-order valence-electron chi connectivity index (χ2n) is 6.55. The van der Waals surface area contributed by atoms with E-state index in [0.717, 1.165) is 5.75 Å². The monoisotopic (exact) mass is 426 g/mol. The molecule has 29 heavy (non-hydrogen) atoms. The van der Waals surface area contributed by atoms with Gasteiger partial charge in [-0.25, -0.2) is 9.37 Å². The Bertz CT molecular complexity index is 1080. The lowest BCUT2D eigenvalue weighted by Gasteiger charge is -2.03. The quantitative estimate of drug-likeness (QED) is 0.337. The fourth-order valence-corrected chi connectivity index (χ4v) is 3.12. The molecule has 0 aliphatic heterocycles. The molecule has 0 bridgehead atoms.